The van der Waals surface area contributed by atoms with Crippen LogP contribution in [0.2, 0.25) is 0 Å². The van der Waals surface area contributed by atoms with Gasteiger partial charge in [0.15, 0.2) is 0 Å². The molecule has 0 unspecified atom stereocenters. The number of rotatable bonds is 2. The zero-order chi connectivity index (χ0) is 8.10. The number of amides is 1. The summed E-state index contributed by atoms with van der Waals surface area (Å²) in [5, 5.41) is 2.67. The van der Waals surface area contributed by atoms with Crippen LogP contribution in [0.1, 0.15) is 38.5 Å². The predicted molar refractivity (Wildman–Crippen MR) is 45.3 cm³/mol. The van der Waals surface area contributed by atoms with E-state index in [1.54, 1.807) is 7.05 Å². The summed E-state index contributed by atoms with van der Waals surface area (Å²) in [7, 11) is 1.71. The van der Waals surface area contributed by atoms with Crippen molar-refractivity contribution in [2.75, 3.05) is 7.05 Å². The van der Waals surface area contributed by atoms with E-state index in [2.05, 4.69) is 5.32 Å². The van der Waals surface area contributed by atoms with Crippen molar-refractivity contribution in [3.63, 3.8) is 0 Å². The second-order valence-electron chi connectivity index (χ2n) is 3.38. The van der Waals surface area contributed by atoms with Crippen LogP contribution in [0.15, 0.2) is 0 Å². The van der Waals surface area contributed by atoms with Crippen molar-refractivity contribution in [2.24, 2.45) is 5.92 Å². The molecule has 11 heavy (non-hydrogen) atoms. The Kier molecular flexibility index (Phi) is 3.40. The molecule has 0 heterocycles. The Hall–Kier alpha value is -0.530. The fraction of sp³-hybridized carbons (Fsp3) is 0.889. The number of carbonyl (C=O) groups excluding carboxylic acids is 1. The summed E-state index contributed by atoms with van der Waals surface area (Å²) in [6.07, 6.45) is 7.27. The minimum atomic E-state index is 0.205. The molecule has 0 radical (unpaired) electrons. The van der Waals surface area contributed by atoms with Gasteiger partial charge in [-0.1, -0.05) is 19.3 Å². The molecular weight excluding hydrogens is 138 g/mol. The third kappa shape index (κ3) is 2.91. The molecule has 1 fully saturated rings. The number of hydrogen-bond donors (Lipinski definition) is 1. The minimum absolute atomic E-state index is 0.205. The van der Waals surface area contributed by atoms with E-state index in [0.29, 0.717) is 5.92 Å². The first-order valence-electron chi connectivity index (χ1n) is 4.53. The lowest BCUT2D eigenvalue weighted by Crippen LogP contribution is -2.22. The van der Waals surface area contributed by atoms with Gasteiger partial charge in [0.1, 0.15) is 0 Å². The molecule has 1 saturated carbocycles. The third-order valence-electron chi connectivity index (χ3n) is 2.48. The van der Waals surface area contributed by atoms with Crippen LogP contribution in [0, 0.1) is 5.92 Å². The molecule has 0 saturated heterocycles. The van der Waals surface area contributed by atoms with Crippen molar-refractivity contribution >= 4 is 5.91 Å². The third-order valence-corrected chi connectivity index (χ3v) is 2.48. The van der Waals surface area contributed by atoms with Crippen molar-refractivity contribution in [1.29, 1.82) is 0 Å². The van der Waals surface area contributed by atoms with Gasteiger partial charge in [-0.25, -0.2) is 0 Å². The van der Waals surface area contributed by atoms with E-state index in [4.69, 9.17) is 0 Å². The van der Waals surface area contributed by atoms with Gasteiger partial charge in [0, 0.05) is 13.5 Å². The fourth-order valence-electron chi connectivity index (χ4n) is 1.76. The van der Waals surface area contributed by atoms with Crippen LogP contribution in [0.4, 0.5) is 0 Å². The highest BCUT2D eigenvalue weighted by atomic mass is 16.1. The van der Waals surface area contributed by atoms with Crippen LogP contribution in [-0.2, 0) is 4.79 Å². The van der Waals surface area contributed by atoms with Gasteiger partial charge in [-0.3, -0.25) is 4.79 Å². The first kappa shape index (κ1) is 8.57. The van der Waals surface area contributed by atoms with Crippen LogP contribution in [0.25, 0.3) is 0 Å². The van der Waals surface area contributed by atoms with Crippen LogP contribution in [-0.4, -0.2) is 13.0 Å². The summed E-state index contributed by atoms with van der Waals surface area (Å²) in [5.41, 5.74) is 0. The fourth-order valence-corrected chi connectivity index (χ4v) is 1.76. The Morgan fingerprint density at radius 1 is 1.36 bits per heavy atom. The van der Waals surface area contributed by atoms with Crippen molar-refractivity contribution in [2.45, 2.75) is 38.5 Å². The Bertz CT molecular complexity index is 128. The maximum absolute atomic E-state index is 11.0. The van der Waals surface area contributed by atoms with E-state index in [1.165, 1.54) is 32.1 Å². The van der Waals surface area contributed by atoms with Gasteiger partial charge >= 0.3 is 0 Å². The molecule has 0 aliphatic heterocycles. The molecule has 0 aromatic carbocycles. The van der Waals surface area contributed by atoms with Crippen molar-refractivity contribution in [1.82, 2.24) is 5.32 Å². The lowest BCUT2D eigenvalue weighted by Gasteiger charge is -2.20. The van der Waals surface area contributed by atoms with Gasteiger partial charge in [-0.2, -0.15) is 0 Å². The molecule has 1 aliphatic carbocycles. The average Bonchev–Trinajstić information content (AvgIpc) is 2.06. The highest BCUT2D eigenvalue weighted by Gasteiger charge is 2.15. The molecular formula is C9H17NO. The van der Waals surface area contributed by atoms with Crippen LogP contribution < -0.4 is 5.32 Å². The van der Waals surface area contributed by atoms with Crippen LogP contribution in [0.3, 0.4) is 0 Å². The molecule has 1 aliphatic rings. The van der Waals surface area contributed by atoms with E-state index in [9.17, 15) is 4.79 Å². The SMILES string of the molecule is CNC(=O)CC1CCCCC1. The van der Waals surface area contributed by atoms with Crippen molar-refractivity contribution < 1.29 is 4.79 Å². The molecule has 2 nitrogen and oxygen atoms in total. The average molecular weight is 155 g/mol. The molecule has 1 N–H and O–H groups in total. The molecule has 0 aromatic rings. The predicted octanol–water partition coefficient (Wildman–Crippen LogP) is 1.70. The Morgan fingerprint density at radius 2 is 2.00 bits per heavy atom. The van der Waals surface area contributed by atoms with E-state index in [1.807, 2.05) is 0 Å². The Balaban J connectivity index is 2.19. The molecule has 0 aromatic heterocycles. The molecule has 1 rings (SSSR count). The van der Waals surface area contributed by atoms with E-state index in [-0.39, 0.29) is 5.91 Å². The lowest BCUT2D eigenvalue weighted by molar-refractivity contribution is -0.121. The van der Waals surface area contributed by atoms with E-state index < -0.39 is 0 Å². The van der Waals surface area contributed by atoms with E-state index >= 15 is 0 Å². The van der Waals surface area contributed by atoms with Crippen LogP contribution in [0.5, 0.6) is 0 Å². The van der Waals surface area contributed by atoms with Gasteiger partial charge in [-0.05, 0) is 18.8 Å². The summed E-state index contributed by atoms with van der Waals surface area (Å²) >= 11 is 0. The maximum Gasteiger partial charge on any atom is 0.220 e. The van der Waals surface area contributed by atoms with Gasteiger partial charge in [-0.15, -0.1) is 0 Å². The van der Waals surface area contributed by atoms with Gasteiger partial charge in [0.05, 0.1) is 0 Å². The van der Waals surface area contributed by atoms with Gasteiger partial charge in [0.25, 0.3) is 0 Å². The maximum atomic E-state index is 11.0. The zero-order valence-electron chi connectivity index (χ0n) is 7.23. The minimum Gasteiger partial charge on any atom is -0.359 e. The lowest BCUT2D eigenvalue weighted by atomic mass is 9.87. The Labute approximate surface area is 68.4 Å². The molecule has 1 amide bonds. The first-order valence-corrected chi connectivity index (χ1v) is 4.53. The topological polar surface area (TPSA) is 29.1 Å². The van der Waals surface area contributed by atoms with Gasteiger partial charge < -0.3 is 5.32 Å². The standard InChI is InChI=1S/C9H17NO/c1-10-9(11)7-8-5-3-2-4-6-8/h8H,2-7H2,1H3,(H,10,11). The molecule has 0 atom stereocenters. The summed E-state index contributed by atoms with van der Waals surface area (Å²) in [6.45, 7) is 0. The number of hydrogen-bond acceptors (Lipinski definition) is 1. The van der Waals surface area contributed by atoms with E-state index in [0.717, 1.165) is 6.42 Å². The second kappa shape index (κ2) is 4.37. The highest BCUT2D eigenvalue weighted by molar-refractivity contribution is 5.75. The normalized spacial score (nSPS) is 19.7. The summed E-state index contributed by atoms with van der Waals surface area (Å²) in [5.74, 6) is 0.876. The molecule has 0 bridgehead atoms. The number of nitrogens with one attached hydrogen (secondary N) is 1. The van der Waals surface area contributed by atoms with Crippen molar-refractivity contribution in [3.05, 3.63) is 0 Å². The molecule has 64 valence electrons. The number of carbonyl (C=O) groups is 1. The first-order chi connectivity index (χ1) is 5.33. The zero-order valence-corrected chi connectivity index (χ0v) is 7.23. The Morgan fingerprint density at radius 3 is 2.55 bits per heavy atom. The summed E-state index contributed by atoms with van der Waals surface area (Å²) in [6, 6.07) is 0. The molecule has 0 spiro atoms. The van der Waals surface area contributed by atoms with Crippen LogP contribution >= 0.6 is 0 Å². The molecule has 2 heteroatoms. The highest BCUT2D eigenvalue weighted by Crippen LogP contribution is 2.25. The summed E-state index contributed by atoms with van der Waals surface area (Å²) in [4.78, 5) is 11.0. The van der Waals surface area contributed by atoms with Crippen molar-refractivity contribution in [3.8, 4) is 0 Å². The van der Waals surface area contributed by atoms with Gasteiger partial charge in [0.2, 0.25) is 5.91 Å². The quantitative estimate of drug-likeness (QED) is 0.646. The monoisotopic (exact) mass is 155 g/mol. The summed E-state index contributed by atoms with van der Waals surface area (Å²) < 4.78 is 0. The second-order valence-corrected chi connectivity index (χ2v) is 3.38. The smallest absolute Gasteiger partial charge is 0.220 e. The largest absolute Gasteiger partial charge is 0.359 e.